The van der Waals surface area contributed by atoms with Crippen LogP contribution < -0.4 is 0 Å². The minimum atomic E-state index is -0.138. The first kappa shape index (κ1) is 7.72. The van der Waals surface area contributed by atoms with Gasteiger partial charge in [-0.05, 0) is 17.3 Å². The number of phenolic OH excluding ortho intramolecular Hbond substituents is 1. The number of fused-ring (bicyclic) bond motifs is 1. The van der Waals surface area contributed by atoms with Crippen molar-refractivity contribution in [2.45, 2.75) is 0 Å². The Balaban J connectivity index is 2.90. The molecule has 0 spiro atoms. The lowest BCUT2D eigenvalue weighted by molar-refractivity contribution is 0.477. The van der Waals surface area contributed by atoms with Gasteiger partial charge in [-0.15, -0.1) is 4.91 Å². The molecule has 1 aromatic heterocycles. The standard InChI is InChI=1S/C8H7N3O2/c1-11-4-5-2-3-6(12)8(10-13)7(5)9-11/h2-4,12H,1H3. The van der Waals surface area contributed by atoms with Crippen molar-refractivity contribution in [2.75, 3.05) is 0 Å². The van der Waals surface area contributed by atoms with E-state index < -0.39 is 0 Å². The summed E-state index contributed by atoms with van der Waals surface area (Å²) < 4.78 is 1.57. The number of aromatic hydroxyl groups is 1. The SMILES string of the molecule is Cn1cc2ccc(O)c(N=O)c2n1. The maximum Gasteiger partial charge on any atom is 0.177 e. The Kier molecular flexibility index (Phi) is 1.51. The maximum atomic E-state index is 10.4. The topological polar surface area (TPSA) is 67.5 Å². The summed E-state index contributed by atoms with van der Waals surface area (Å²) in [6.45, 7) is 0. The van der Waals surface area contributed by atoms with E-state index in [1.807, 2.05) is 0 Å². The van der Waals surface area contributed by atoms with Gasteiger partial charge >= 0.3 is 0 Å². The van der Waals surface area contributed by atoms with E-state index in [0.29, 0.717) is 5.52 Å². The Morgan fingerprint density at radius 2 is 2.31 bits per heavy atom. The number of nitrogens with zero attached hydrogens (tertiary/aromatic N) is 3. The number of aryl methyl sites for hydroxylation is 1. The molecule has 1 N–H and O–H groups in total. The highest BCUT2D eigenvalue weighted by Crippen LogP contribution is 2.33. The van der Waals surface area contributed by atoms with Gasteiger partial charge in [-0.25, -0.2) is 0 Å². The van der Waals surface area contributed by atoms with Gasteiger partial charge in [0.15, 0.2) is 5.69 Å². The monoisotopic (exact) mass is 177 g/mol. The molecule has 0 fully saturated rings. The van der Waals surface area contributed by atoms with E-state index >= 15 is 0 Å². The largest absolute Gasteiger partial charge is 0.505 e. The van der Waals surface area contributed by atoms with Crippen LogP contribution >= 0.6 is 0 Å². The van der Waals surface area contributed by atoms with Crippen LogP contribution in [0.3, 0.4) is 0 Å². The molecule has 5 nitrogen and oxygen atoms in total. The van der Waals surface area contributed by atoms with Gasteiger partial charge in [0.1, 0.15) is 11.3 Å². The summed E-state index contributed by atoms with van der Waals surface area (Å²) in [7, 11) is 1.74. The van der Waals surface area contributed by atoms with E-state index in [0.717, 1.165) is 5.39 Å². The smallest absolute Gasteiger partial charge is 0.177 e. The van der Waals surface area contributed by atoms with E-state index in [9.17, 15) is 10.0 Å². The Hall–Kier alpha value is -1.91. The van der Waals surface area contributed by atoms with Crippen LogP contribution in [-0.4, -0.2) is 14.9 Å². The normalized spacial score (nSPS) is 10.5. The summed E-state index contributed by atoms with van der Waals surface area (Å²) in [5.74, 6) is -0.138. The number of hydrogen-bond donors (Lipinski definition) is 1. The van der Waals surface area contributed by atoms with Crippen LogP contribution in [0, 0.1) is 4.91 Å². The Bertz CT molecular complexity index is 475. The van der Waals surface area contributed by atoms with E-state index in [1.165, 1.54) is 6.07 Å². The lowest BCUT2D eigenvalue weighted by Gasteiger charge is -1.94. The van der Waals surface area contributed by atoms with Gasteiger partial charge in [0.2, 0.25) is 0 Å². The molecule has 13 heavy (non-hydrogen) atoms. The quantitative estimate of drug-likeness (QED) is 0.673. The van der Waals surface area contributed by atoms with Crippen LogP contribution in [0.2, 0.25) is 0 Å². The van der Waals surface area contributed by atoms with Crippen LogP contribution in [0.15, 0.2) is 23.5 Å². The van der Waals surface area contributed by atoms with Gasteiger partial charge in [-0.1, -0.05) is 0 Å². The third-order valence-electron chi connectivity index (χ3n) is 1.84. The molecule has 2 rings (SSSR count). The highest BCUT2D eigenvalue weighted by Gasteiger charge is 2.09. The molecule has 0 aliphatic heterocycles. The second kappa shape index (κ2) is 2.55. The van der Waals surface area contributed by atoms with Crippen LogP contribution in [0.5, 0.6) is 5.75 Å². The number of phenols is 1. The molecule has 5 heteroatoms. The first-order chi connectivity index (χ1) is 6.22. The molecule has 0 radical (unpaired) electrons. The predicted molar refractivity (Wildman–Crippen MR) is 47.8 cm³/mol. The van der Waals surface area contributed by atoms with Crippen molar-refractivity contribution < 1.29 is 5.11 Å². The lowest BCUT2D eigenvalue weighted by atomic mass is 10.2. The van der Waals surface area contributed by atoms with Gasteiger partial charge in [0, 0.05) is 18.6 Å². The molecule has 0 unspecified atom stereocenters. The first-order valence-corrected chi connectivity index (χ1v) is 3.71. The first-order valence-electron chi connectivity index (χ1n) is 3.71. The van der Waals surface area contributed by atoms with Gasteiger partial charge in [0.05, 0.1) is 0 Å². The Labute approximate surface area is 73.6 Å². The number of benzene rings is 1. The van der Waals surface area contributed by atoms with Crippen molar-refractivity contribution in [3.8, 4) is 5.75 Å². The molecular formula is C8H7N3O2. The van der Waals surface area contributed by atoms with Gasteiger partial charge in [0.25, 0.3) is 0 Å². The van der Waals surface area contributed by atoms with Crippen LogP contribution in [0.4, 0.5) is 5.69 Å². The molecule has 1 heterocycles. The van der Waals surface area contributed by atoms with Crippen molar-refractivity contribution >= 4 is 16.6 Å². The van der Waals surface area contributed by atoms with Gasteiger partial charge in [-0.2, -0.15) is 5.10 Å². The van der Waals surface area contributed by atoms with Crippen molar-refractivity contribution in [1.29, 1.82) is 0 Å². The van der Waals surface area contributed by atoms with E-state index in [4.69, 9.17) is 0 Å². The van der Waals surface area contributed by atoms with Crippen molar-refractivity contribution in [3.05, 3.63) is 23.2 Å². The fourth-order valence-corrected chi connectivity index (χ4v) is 1.27. The fraction of sp³-hybridized carbons (Fsp3) is 0.125. The number of rotatable bonds is 1. The van der Waals surface area contributed by atoms with Crippen molar-refractivity contribution in [1.82, 2.24) is 9.78 Å². The predicted octanol–water partition coefficient (Wildman–Crippen LogP) is 1.68. The number of hydrogen-bond acceptors (Lipinski definition) is 4. The van der Waals surface area contributed by atoms with Crippen LogP contribution in [-0.2, 0) is 7.05 Å². The molecule has 66 valence electrons. The fourth-order valence-electron chi connectivity index (χ4n) is 1.27. The van der Waals surface area contributed by atoms with Crippen molar-refractivity contribution in [3.63, 3.8) is 0 Å². The minimum absolute atomic E-state index is 0.00176. The van der Waals surface area contributed by atoms with Crippen LogP contribution in [0.1, 0.15) is 0 Å². The molecule has 0 saturated heterocycles. The molecule has 1 aromatic carbocycles. The van der Waals surface area contributed by atoms with Crippen molar-refractivity contribution in [2.24, 2.45) is 12.2 Å². The summed E-state index contributed by atoms with van der Waals surface area (Å²) in [5, 5.41) is 16.8. The molecule has 0 bridgehead atoms. The Morgan fingerprint density at radius 1 is 1.54 bits per heavy atom. The van der Waals surface area contributed by atoms with E-state index in [-0.39, 0.29) is 11.4 Å². The Morgan fingerprint density at radius 3 is 3.00 bits per heavy atom. The summed E-state index contributed by atoms with van der Waals surface area (Å²) in [5.41, 5.74) is 0.426. The molecule has 0 amide bonds. The zero-order valence-electron chi connectivity index (χ0n) is 6.93. The highest BCUT2D eigenvalue weighted by molar-refractivity contribution is 5.91. The zero-order chi connectivity index (χ0) is 9.42. The second-order valence-electron chi connectivity index (χ2n) is 2.77. The van der Waals surface area contributed by atoms with E-state index in [1.54, 1.807) is 24.0 Å². The average molecular weight is 177 g/mol. The molecule has 0 atom stereocenters. The molecular weight excluding hydrogens is 170 g/mol. The summed E-state index contributed by atoms with van der Waals surface area (Å²) in [6.07, 6.45) is 1.75. The minimum Gasteiger partial charge on any atom is -0.505 e. The van der Waals surface area contributed by atoms with Crippen LogP contribution in [0.25, 0.3) is 10.9 Å². The average Bonchev–Trinajstić information content (AvgIpc) is 2.45. The molecule has 2 aromatic rings. The third-order valence-corrected chi connectivity index (χ3v) is 1.84. The highest BCUT2D eigenvalue weighted by atomic mass is 16.3. The summed E-state index contributed by atoms with van der Waals surface area (Å²) in [4.78, 5) is 10.4. The van der Waals surface area contributed by atoms with E-state index in [2.05, 4.69) is 10.3 Å². The summed E-state index contributed by atoms with van der Waals surface area (Å²) >= 11 is 0. The molecule has 0 aliphatic carbocycles. The van der Waals surface area contributed by atoms with Gasteiger partial charge in [-0.3, -0.25) is 4.68 Å². The molecule has 0 saturated carbocycles. The summed E-state index contributed by atoms with van der Waals surface area (Å²) in [6, 6.07) is 3.12. The molecule has 0 aliphatic rings. The number of nitroso groups, excluding NO2 is 1. The zero-order valence-corrected chi connectivity index (χ0v) is 6.93. The van der Waals surface area contributed by atoms with Gasteiger partial charge < -0.3 is 5.11 Å². The lowest BCUT2D eigenvalue weighted by Crippen LogP contribution is -1.85. The third kappa shape index (κ3) is 1.05. The maximum absolute atomic E-state index is 10.4. The second-order valence-corrected chi connectivity index (χ2v) is 2.77. The number of aromatic nitrogens is 2.